The van der Waals surface area contributed by atoms with Gasteiger partial charge >= 0.3 is 0 Å². The van der Waals surface area contributed by atoms with Gasteiger partial charge < -0.3 is 15.0 Å². The number of nitrogens with zero attached hydrogens (tertiary/aromatic N) is 2. The van der Waals surface area contributed by atoms with Gasteiger partial charge in [-0.2, -0.15) is 0 Å². The van der Waals surface area contributed by atoms with Crippen molar-refractivity contribution in [1.82, 2.24) is 15.1 Å². The highest BCUT2D eigenvalue weighted by atomic mass is 16.5. The Kier molecular flexibility index (Phi) is 7.00. The lowest BCUT2D eigenvalue weighted by Gasteiger charge is -2.29. The Labute approximate surface area is 129 Å². The van der Waals surface area contributed by atoms with Crippen LogP contribution in [0.2, 0.25) is 0 Å². The molecule has 0 bridgehead atoms. The topological polar surface area (TPSA) is 27.7 Å². The predicted octanol–water partition coefficient (Wildman–Crippen LogP) is 1.60. The monoisotopic (exact) mass is 291 g/mol. The molecule has 0 aliphatic carbocycles. The first-order chi connectivity index (χ1) is 10.2. The Bertz CT molecular complexity index is 405. The van der Waals surface area contributed by atoms with Crippen molar-refractivity contribution in [2.75, 3.05) is 59.5 Å². The molecule has 2 rings (SSSR count). The first-order valence-electron chi connectivity index (χ1n) is 8.05. The second-order valence-corrected chi connectivity index (χ2v) is 5.91. The standard InChI is InChI=1S/C17H29N3O/c1-16-5-3-6-17(15-16)21-14-4-9-19(2)12-13-20-10-7-18-8-11-20/h3,5-6,15,18H,4,7-14H2,1-2H3. The van der Waals surface area contributed by atoms with Crippen molar-refractivity contribution in [3.8, 4) is 5.75 Å². The van der Waals surface area contributed by atoms with E-state index in [0.717, 1.165) is 45.0 Å². The highest BCUT2D eigenvalue weighted by molar-refractivity contribution is 5.27. The van der Waals surface area contributed by atoms with Gasteiger partial charge in [0.1, 0.15) is 5.75 Å². The minimum Gasteiger partial charge on any atom is -0.494 e. The van der Waals surface area contributed by atoms with Crippen molar-refractivity contribution in [1.29, 1.82) is 0 Å². The number of piperazine rings is 1. The fourth-order valence-electron chi connectivity index (χ4n) is 2.59. The molecule has 1 saturated heterocycles. The molecule has 1 aliphatic heterocycles. The van der Waals surface area contributed by atoms with Crippen LogP contribution in [0.1, 0.15) is 12.0 Å². The minimum atomic E-state index is 0.793. The molecule has 0 atom stereocenters. The van der Waals surface area contributed by atoms with Gasteiger partial charge in [-0.3, -0.25) is 4.90 Å². The van der Waals surface area contributed by atoms with Gasteiger partial charge in [0.25, 0.3) is 0 Å². The molecule has 0 radical (unpaired) electrons. The van der Waals surface area contributed by atoms with E-state index in [1.807, 2.05) is 12.1 Å². The molecule has 0 amide bonds. The van der Waals surface area contributed by atoms with Gasteiger partial charge in [-0.05, 0) is 38.1 Å². The van der Waals surface area contributed by atoms with Gasteiger partial charge in [-0.15, -0.1) is 0 Å². The summed E-state index contributed by atoms with van der Waals surface area (Å²) in [7, 11) is 2.20. The summed E-state index contributed by atoms with van der Waals surface area (Å²) in [4.78, 5) is 4.94. The molecule has 0 spiro atoms. The lowest BCUT2D eigenvalue weighted by atomic mass is 10.2. The van der Waals surface area contributed by atoms with Crippen LogP contribution in [0.3, 0.4) is 0 Å². The lowest BCUT2D eigenvalue weighted by molar-refractivity contribution is 0.197. The normalized spacial score (nSPS) is 16.3. The average Bonchev–Trinajstić information content (AvgIpc) is 2.51. The Morgan fingerprint density at radius 2 is 2.05 bits per heavy atom. The molecular formula is C17H29N3O. The van der Waals surface area contributed by atoms with Crippen molar-refractivity contribution in [3.63, 3.8) is 0 Å². The number of hydrogen-bond acceptors (Lipinski definition) is 4. The third kappa shape index (κ3) is 6.46. The Morgan fingerprint density at radius 3 is 2.81 bits per heavy atom. The van der Waals surface area contributed by atoms with Crippen LogP contribution in [0.4, 0.5) is 0 Å². The summed E-state index contributed by atoms with van der Waals surface area (Å²) in [5.41, 5.74) is 1.25. The molecule has 1 N–H and O–H groups in total. The first kappa shape index (κ1) is 16.3. The molecule has 0 aromatic heterocycles. The van der Waals surface area contributed by atoms with E-state index in [-0.39, 0.29) is 0 Å². The first-order valence-corrected chi connectivity index (χ1v) is 8.05. The van der Waals surface area contributed by atoms with Gasteiger partial charge in [0, 0.05) is 45.8 Å². The number of ether oxygens (including phenoxy) is 1. The van der Waals surface area contributed by atoms with Gasteiger partial charge in [-0.25, -0.2) is 0 Å². The zero-order valence-corrected chi connectivity index (χ0v) is 13.5. The SMILES string of the molecule is Cc1cccc(OCCCN(C)CCN2CCNCC2)c1. The maximum atomic E-state index is 5.79. The maximum absolute atomic E-state index is 5.79. The summed E-state index contributed by atoms with van der Waals surface area (Å²) in [6.07, 6.45) is 1.08. The highest BCUT2D eigenvalue weighted by Crippen LogP contribution is 2.12. The van der Waals surface area contributed by atoms with Crippen LogP contribution < -0.4 is 10.1 Å². The van der Waals surface area contributed by atoms with Crippen LogP contribution >= 0.6 is 0 Å². The van der Waals surface area contributed by atoms with Crippen LogP contribution in [-0.4, -0.2) is 69.3 Å². The van der Waals surface area contributed by atoms with E-state index in [1.54, 1.807) is 0 Å². The third-order valence-electron chi connectivity index (χ3n) is 3.95. The fourth-order valence-corrected chi connectivity index (χ4v) is 2.59. The molecule has 0 unspecified atom stereocenters. The van der Waals surface area contributed by atoms with Gasteiger partial charge in [0.2, 0.25) is 0 Å². The van der Waals surface area contributed by atoms with E-state index in [4.69, 9.17) is 4.74 Å². The van der Waals surface area contributed by atoms with Gasteiger partial charge in [0.05, 0.1) is 6.61 Å². The molecule has 1 heterocycles. The van der Waals surface area contributed by atoms with E-state index in [2.05, 4.69) is 41.2 Å². The quantitative estimate of drug-likeness (QED) is 0.736. The smallest absolute Gasteiger partial charge is 0.119 e. The van der Waals surface area contributed by atoms with Crippen LogP contribution in [-0.2, 0) is 0 Å². The average molecular weight is 291 g/mol. The van der Waals surface area contributed by atoms with Crippen LogP contribution in [0.25, 0.3) is 0 Å². The summed E-state index contributed by atoms with van der Waals surface area (Å²) in [5.74, 6) is 0.985. The van der Waals surface area contributed by atoms with Crippen LogP contribution in [0.5, 0.6) is 5.75 Å². The second kappa shape index (κ2) is 9.03. The largest absolute Gasteiger partial charge is 0.494 e. The van der Waals surface area contributed by atoms with E-state index < -0.39 is 0 Å². The van der Waals surface area contributed by atoms with E-state index in [9.17, 15) is 0 Å². The van der Waals surface area contributed by atoms with Gasteiger partial charge in [-0.1, -0.05) is 12.1 Å². The Balaban J connectivity index is 1.53. The second-order valence-electron chi connectivity index (χ2n) is 5.91. The summed E-state index contributed by atoms with van der Waals surface area (Å²) in [6.45, 7) is 10.9. The highest BCUT2D eigenvalue weighted by Gasteiger charge is 2.09. The fraction of sp³-hybridized carbons (Fsp3) is 0.647. The van der Waals surface area contributed by atoms with Crippen molar-refractivity contribution < 1.29 is 4.74 Å². The van der Waals surface area contributed by atoms with Crippen LogP contribution in [0, 0.1) is 6.92 Å². The molecule has 118 valence electrons. The molecule has 1 aromatic rings. The number of likely N-dealkylation sites (N-methyl/N-ethyl adjacent to an activating group) is 1. The molecule has 1 aliphatic rings. The molecule has 4 heteroatoms. The number of nitrogens with one attached hydrogen (secondary N) is 1. The third-order valence-corrected chi connectivity index (χ3v) is 3.95. The van der Waals surface area contributed by atoms with E-state index in [0.29, 0.717) is 0 Å². The van der Waals surface area contributed by atoms with Gasteiger partial charge in [0.15, 0.2) is 0 Å². The molecule has 21 heavy (non-hydrogen) atoms. The molecule has 1 fully saturated rings. The van der Waals surface area contributed by atoms with Crippen molar-refractivity contribution in [2.45, 2.75) is 13.3 Å². The predicted molar refractivity (Wildman–Crippen MR) is 88.1 cm³/mol. The summed E-state index contributed by atoms with van der Waals surface area (Å²) < 4.78 is 5.79. The number of benzene rings is 1. The molecule has 1 aromatic carbocycles. The van der Waals surface area contributed by atoms with Crippen molar-refractivity contribution in [2.24, 2.45) is 0 Å². The summed E-state index contributed by atoms with van der Waals surface area (Å²) in [6, 6.07) is 8.26. The lowest BCUT2D eigenvalue weighted by Crippen LogP contribution is -2.46. The van der Waals surface area contributed by atoms with Crippen LogP contribution in [0.15, 0.2) is 24.3 Å². The number of aryl methyl sites for hydroxylation is 1. The van der Waals surface area contributed by atoms with E-state index in [1.165, 1.54) is 25.2 Å². The number of hydrogen-bond donors (Lipinski definition) is 1. The van der Waals surface area contributed by atoms with Crippen molar-refractivity contribution >= 4 is 0 Å². The zero-order valence-electron chi connectivity index (χ0n) is 13.5. The van der Waals surface area contributed by atoms with E-state index >= 15 is 0 Å². The number of rotatable bonds is 8. The molecule has 4 nitrogen and oxygen atoms in total. The Morgan fingerprint density at radius 1 is 1.24 bits per heavy atom. The minimum absolute atomic E-state index is 0.793. The molecule has 0 saturated carbocycles. The van der Waals surface area contributed by atoms with Crippen molar-refractivity contribution in [3.05, 3.63) is 29.8 Å². The molecular weight excluding hydrogens is 262 g/mol. The Hall–Kier alpha value is -1.10. The maximum Gasteiger partial charge on any atom is 0.119 e. The summed E-state index contributed by atoms with van der Waals surface area (Å²) in [5, 5.41) is 3.39. The zero-order chi connectivity index (χ0) is 14.9. The summed E-state index contributed by atoms with van der Waals surface area (Å²) >= 11 is 0.